The Hall–Kier alpha value is -3.28. The summed E-state index contributed by atoms with van der Waals surface area (Å²) in [5, 5.41) is 0.157. The summed E-state index contributed by atoms with van der Waals surface area (Å²) < 4.78 is 64.0. The number of aromatic nitrogens is 2. The van der Waals surface area contributed by atoms with Gasteiger partial charge in [0.25, 0.3) is 0 Å². The number of fused-ring (bicyclic) bond motifs is 1. The summed E-state index contributed by atoms with van der Waals surface area (Å²) in [6, 6.07) is 10.2. The third-order valence-corrected chi connectivity index (χ3v) is 7.00. The summed E-state index contributed by atoms with van der Waals surface area (Å²) in [4.78, 5) is 20.5. The number of anilines is 1. The number of carbonyl (C=O) groups excluding carboxylic acids is 1. The molecule has 2 aromatic heterocycles. The number of pyridine rings is 1. The fourth-order valence-electron chi connectivity index (χ4n) is 3.43. The smallest absolute Gasteiger partial charge is 0.229 e. The highest BCUT2D eigenvalue weighted by Crippen LogP contribution is 2.32. The lowest BCUT2D eigenvalue weighted by atomic mass is 10.00. The number of halogens is 2. The molecule has 0 atom stereocenters. The molecule has 2 heterocycles. The van der Waals surface area contributed by atoms with Gasteiger partial charge in [0.1, 0.15) is 5.65 Å². The Kier molecular flexibility index (Phi) is 5.96. The molecule has 2 aromatic carbocycles. The molecule has 4 aromatic rings. The number of nitrogens with one attached hydrogen (secondary N) is 2. The van der Waals surface area contributed by atoms with Crippen molar-refractivity contribution in [1.29, 1.82) is 0 Å². The number of hydrogen-bond donors (Lipinski definition) is 2. The lowest BCUT2D eigenvalue weighted by molar-refractivity contribution is 0.103. The Morgan fingerprint density at radius 1 is 1.06 bits per heavy atom. The van der Waals surface area contributed by atoms with Crippen LogP contribution in [0.4, 0.5) is 10.1 Å². The van der Waals surface area contributed by atoms with E-state index in [1.165, 1.54) is 30.6 Å². The van der Waals surface area contributed by atoms with Crippen molar-refractivity contribution in [2.45, 2.75) is 4.90 Å². The van der Waals surface area contributed by atoms with Crippen LogP contribution in [0.1, 0.15) is 15.9 Å². The first-order chi connectivity index (χ1) is 15.8. The Balaban J connectivity index is 1.83. The van der Waals surface area contributed by atoms with Crippen molar-refractivity contribution >= 4 is 54.0 Å². The van der Waals surface area contributed by atoms with Crippen molar-refractivity contribution in [3.05, 3.63) is 76.8 Å². The van der Waals surface area contributed by atoms with Gasteiger partial charge >= 0.3 is 0 Å². The molecule has 12 heteroatoms. The second-order valence-electron chi connectivity index (χ2n) is 7.61. The number of carbonyl (C=O) groups is 1. The molecule has 0 unspecified atom stereocenters. The van der Waals surface area contributed by atoms with Crippen LogP contribution in [0.15, 0.2) is 59.8 Å². The SMILES string of the molecule is CS(=O)(=O)Nc1ccc(Cl)c(C(=O)c2c[nH]c3ncc(-c4cccc(S(C)(=O)=O)c4)cc23)c1F. The monoisotopic (exact) mass is 521 g/mol. The number of rotatable bonds is 6. The van der Waals surface area contributed by atoms with E-state index in [9.17, 15) is 21.6 Å². The Morgan fingerprint density at radius 2 is 1.79 bits per heavy atom. The first kappa shape index (κ1) is 23.9. The highest BCUT2D eigenvalue weighted by Gasteiger charge is 2.24. The van der Waals surface area contributed by atoms with Gasteiger partial charge in [0.05, 0.1) is 27.4 Å². The van der Waals surface area contributed by atoms with Crippen molar-refractivity contribution in [3.63, 3.8) is 0 Å². The molecule has 0 aliphatic heterocycles. The quantitative estimate of drug-likeness (QED) is 0.369. The predicted molar refractivity (Wildman–Crippen MR) is 128 cm³/mol. The van der Waals surface area contributed by atoms with E-state index in [1.54, 1.807) is 18.2 Å². The van der Waals surface area contributed by atoms with E-state index in [0.29, 0.717) is 22.2 Å². The lowest BCUT2D eigenvalue weighted by Gasteiger charge is -2.10. The van der Waals surface area contributed by atoms with Crippen LogP contribution in [0.5, 0.6) is 0 Å². The molecular formula is C22H17ClFN3O5S2. The van der Waals surface area contributed by atoms with Gasteiger partial charge in [0.2, 0.25) is 10.0 Å². The number of sulfonamides is 1. The van der Waals surface area contributed by atoms with E-state index in [4.69, 9.17) is 11.6 Å². The maximum atomic E-state index is 15.1. The van der Waals surface area contributed by atoms with E-state index in [1.807, 2.05) is 4.72 Å². The first-order valence-corrected chi connectivity index (χ1v) is 13.8. The van der Waals surface area contributed by atoms with Gasteiger partial charge < -0.3 is 4.98 Å². The summed E-state index contributed by atoms with van der Waals surface area (Å²) in [5.41, 5.74) is 0.577. The van der Waals surface area contributed by atoms with Gasteiger partial charge in [-0.15, -0.1) is 0 Å². The predicted octanol–water partition coefficient (Wildman–Crippen LogP) is 4.03. The Labute approximate surface area is 199 Å². The van der Waals surface area contributed by atoms with Gasteiger partial charge in [-0.1, -0.05) is 23.7 Å². The van der Waals surface area contributed by atoms with Gasteiger partial charge in [-0.25, -0.2) is 26.2 Å². The molecule has 0 saturated carbocycles. The molecule has 0 amide bonds. The van der Waals surface area contributed by atoms with Crippen LogP contribution < -0.4 is 4.72 Å². The Morgan fingerprint density at radius 3 is 2.47 bits per heavy atom. The molecule has 0 radical (unpaired) electrons. The van der Waals surface area contributed by atoms with Crippen LogP contribution in [0.2, 0.25) is 5.02 Å². The van der Waals surface area contributed by atoms with Crippen molar-refractivity contribution in [3.8, 4) is 11.1 Å². The molecule has 0 bridgehead atoms. The van der Waals surface area contributed by atoms with Crippen molar-refractivity contribution < 1.29 is 26.0 Å². The third-order valence-electron chi connectivity index (χ3n) is 4.98. The normalized spacial score (nSPS) is 12.1. The minimum atomic E-state index is -3.80. The average Bonchev–Trinajstić information content (AvgIpc) is 3.18. The number of aromatic amines is 1. The summed E-state index contributed by atoms with van der Waals surface area (Å²) in [5.74, 6) is -1.89. The van der Waals surface area contributed by atoms with Crippen LogP contribution in [0.3, 0.4) is 0 Å². The zero-order valence-corrected chi connectivity index (χ0v) is 20.1. The fraction of sp³-hybridized carbons (Fsp3) is 0.0909. The summed E-state index contributed by atoms with van der Waals surface area (Å²) in [6.45, 7) is 0. The van der Waals surface area contributed by atoms with E-state index < -0.39 is 42.7 Å². The second kappa shape index (κ2) is 8.49. The number of nitrogens with zero attached hydrogens (tertiary/aromatic N) is 1. The molecule has 0 spiro atoms. The fourth-order valence-corrected chi connectivity index (χ4v) is 4.88. The van der Waals surface area contributed by atoms with Crippen LogP contribution in [-0.2, 0) is 19.9 Å². The maximum Gasteiger partial charge on any atom is 0.229 e. The zero-order chi connectivity index (χ0) is 24.8. The minimum absolute atomic E-state index is 0.0564. The highest BCUT2D eigenvalue weighted by atomic mass is 35.5. The molecule has 0 aliphatic carbocycles. The number of benzene rings is 2. The molecule has 8 nitrogen and oxygen atoms in total. The first-order valence-electron chi connectivity index (χ1n) is 9.63. The number of H-pyrrole nitrogens is 1. The van der Waals surface area contributed by atoms with Crippen LogP contribution in [-0.4, -0.2) is 45.1 Å². The molecule has 0 fully saturated rings. The zero-order valence-electron chi connectivity index (χ0n) is 17.8. The van der Waals surface area contributed by atoms with Gasteiger partial charge in [-0.05, 0) is 35.9 Å². The van der Waals surface area contributed by atoms with E-state index >= 15 is 4.39 Å². The van der Waals surface area contributed by atoms with E-state index in [-0.39, 0.29) is 15.5 Å². The molecular weight excluding hydrogens is 505 g/mol. The molecule has 4 rings (SSSR count). The summed E-state index contributed by atoms with van der Waals surface area (Å²) >= 11 is 6.10. The third kappa shape index (κ3) is 4.67. The minimum Gasteiger partial charge on any atom is -0.345 e. The molecule has 34 heavy (non-hydrogen) atoms. The molecule has 2 N–H and O–H groups in total. The summed E-state index contributed by atoms with van der Waals surface area (Å²) in [6.07, 6.45) is 4.82. The van der Waals surface area contributed by atoms with Gasteiger partial charge in [0, 0.05) is 35.2 Å². The largest absolute Gasteiger partial charge is 0.345 e. The summed E-state index contributed by atoms with van der Waals surface area (Å²) in [7, 11) is -7.23. The van der Waals surface area contributed by atoms with Crippen molar-refractivity contribution in [1.82, 2.24) is 9.97 Å². The average molecular weight is 522 g/mol. The van der Waals surface area contributed by atoms with E-state index in [0.717, 1.165) is 18.6 Å². The topological polar surface area (TPSA) is 126 Å². The number of hydrogen-bond acceptors (Lipinski definition) is 6. The second-order valence-corrected chi connectivity index (χ2v) is 11.8. The van der Waals surface area contributed by atoms with E-state index in [2.05, 4.69) is 9.97 Å². The maximum absolute atomic E-state index is 15.1. The standard InChI is InChI=1S/C22H17ClFN3O5S2/c1-33(29,30)14-5-3-4-12(8-14)13-9-15-16(11-26-22(15)25-10-13)21(28)19-17(23)6-7-18(20(19)24)27-34(2,31)32/h3-11,27H,1-2H3,(H,25,26). The molecule has 0 aliphatic rings. The lowest BCUT2D eigenvalue weighted by Crippen LogP contribution is -2.13. The van der Waals surface area contributed by atoms with Gasteiger partial charge in [-0.3, -0.25) is 9.52 Å². The molecule has 176 valence electrons. The van der Waals surface area contributed by atoms with Gasteiger partial charge in [-0.2, -0.15) is 0 Å². The Bertz CT molecular complexity index is 1680. The van der Waals surface area contributed by atoms with Crippen molar-refractivity contribution in [2.75, 3.05) is 17.2 Å². The van der Waals surface area contributed by atoms with Crippen LogP contribution >= 0.6 is 11.6 Å². The molecule has 0 saturated heterocycles. The number of sulfone groups is 1. The number of ketones is 1. The van der Waals surface area contributed by atoms with Crippen LogP contribution in [0, 0.1) is 5.82 Å². The highest BCUT2D eigenvalue weighted by molar-refractivity contribution is 7.92. The van der Waals surface area contributed by atoms with Gasteiger partial charge in [0.15, 0.2) is 21.4 Å². The van der Waals surface area contributed by atoms with Crippen molar-refractivity contribution in [2.24, 2.45) is 0 Å². The van der Waals surface area contributed by atoms with Crippen LogP contribution in [0.25, 0.3) is 22.2 Å².